The van der Waals surface area contributed by atoms with Crippen molar-refractivity contribution in [3.05, 3.63) is 11.9 Å². The predicted molar refractivity (Wildman–Crippen MR) is 67.0 cm³/mol. The maximum absolute atomic E-state index is 12.0. The SMILES string of the molecule is CCc1nn(C)cc1NC1CC(=O)N(CC)C1=O. The molecule has 1 aromatic rings. The number of likely N-dealkylation sites (N-methyl/N-ethyl adjacent to an activating group) is 1. The number of rotatable bonds is 4. The topological polar surface area (TPSA) is 67.2 Å². The molecule has 2 amide bonds. The molecule has 0 aliphatic carbocycles. The molecule has 1 saturated heterocycles. The molecule has 0 bridgehead atoms. The standard InChI is InChI=1S/C12H18N4O2/c1-4-8-10(7-15(3)14-8)13-9-6-11(17)16(5-2)12(9)18/h7,9,13H,4-6H2,1-3H3. The molecule has 1 atom stereocenters. The molecule has 98 valence electrons. The Balaban J connectivity index is 2.15. The number of aryl methyl sites for hydroxylation is 2. The van der Waals surface area contributed by atoms with Gasteiger partial charge in [-0.1, -0.05) is 6.92 Å². The third-order valence-corrected chi connectivity index (χ3v) is 3.13. The Morgan fingerprint density at radius 1 is 1.44 bits per heavy atom. The summed E-state index contributed by atoms with van der Waals surface area (Å²) in [6.45, 7) is 4.25. The summed E-state index contributed by atoms with van der Waals surface area (Å²) in [6, 6.07) is -0.452. The van der Waals surface area contributed by atoms with E-state index < -0.39 is 6.04 Å². The van der Waals surface area contributed by atoms with Crippen LogP contribution in [0.15, 0.2) is 6.20 Å². The molecule has 1 aromatic heterocycles. The Morgan fingerprint density at radius 2 is 2.17 bits per heavy atom. The molecule has 1 N–H and O–H groups in total. The number of aromatic nitrogens is 2. The molecular weight excluding hydrogens is 232 g/mol. The highest BCUT2D eigenvalue weighted by Gasteiger charge is 2.37. The number of hydrogen-bond acceptors (Lipinski definition) is 4. The average molecular weight is 250 g/mol. The van der Waals surface area contributed by atoms with Crippen LogP contribution in [0.25, 0.3) is 0 Å². The van der Waals surface area contributed by atoms with E-state index in [9.17, 15) is 9.59 Å². The van der Waals surface area contributed by atoms with Crippen molar-refractivity contribution in [3.63, 3.8) is 0 Å². The normalized spacial score (nSPS) is 19.7. The fraction of sp³-hybridized carbons (Fsp3) is 0.583. The zero-order valence-electron chi connectivity index (χ0n) is 10.9. The molecule has 6 nitrogen and oxygen atoms in total. The van der Waals surface area contributed by atoms with Gasteiger partial charge < -0.3 is 5.32 Å². The van der Waals surface area contributed by atoms with Crippen LogP contribution in [0, 0.1) is 0 Å². The Hall–Kier alpha value is -1.85. The van der Waals surface area contributed by atoms with Gasteiger partial charge in [-0.25, -0.2) is 0 Å². The number of hydrogen-bond donors (Lipinski definition) is 1. The maximum Gasteiger partial charge on any atom is 0.252 e. The molecule has 0 saturated carbocycles. The predicted octanol–water partition coefficient (Wildman–Crippen LogP) is 0.542. The van der Waals surface area contributed by atoms with Crippen LogP contribution in [0.3, 0.4) is 0 Å². The highest BCUT2D eigenvalue weighted by Crippen LogP contribution is 2.20. The van der Waals surface area contributed by atoms with Gasteiger partial charge in [0.1, 0.15) is 6.04 Å². The van der Waals surface area contributed by atoms with E-state index in [2.05, 4.69) is 10.4 Å². The number of nitrogens with one attached hydrogen (secondary N) is 1. The zero-order valence-corrected chi connectivity index (χ0v) is 10.9. The van der Waals surface area contributed by atoms with Crippen molar-refractivity contribution in [2.75, 3.05) is 11.9 Å². The molecule has 2 heterocycles. The third-order valence-electron chi connectivity index (χ3n) is 3.13. The van der Waals surface area contributed by atoms with Crippen LogP contribution < -0.4 is 5.32 Å². The van der Waals surface area contributed by atoms with Crippen LogP contribution in [0.4, 0.5) is 5.69 Å². The first-order valence-corrected chi connectivity index (χ1v) is 6.20. The molecule has 0 spiro atoms. The quantitative estimate of drug-likeness (QED) is 0.792. The molecule has 18 heavy (non-hydrogen) atoms. The van der Waals surface area contributed by atoms with Crippen LogP contribution in [-0.2, 0) is 23.1 Å². The highest BCUT2D eigenvalue weighted by molar-refractivity contribution is 6.06. The van der Waals surface area contributed by atoms with Gasteiger partial charge in [0.05, 0.1) is 17.8 Å². The minimum absolute atomic E-state index is 0.109. The summed E-state index contributed by atoms with van der Waals surface area (Å²) in [5.41, 5.74) is 1.75. The number of likely N-dealkylation sites (tertiary alicyclic amines) is 1. The lowest BCUT2D eigenvalue weighted by atomic mass is 10.2. The zero-order chi connectivity index (χ0) is 13.3. The summed E-state index contributed by atoms with van der Waals surface area (Å²) in [5.74, 6) is -0.254. The second-order valence-electron chi connectivity index (χ2n) is 4.39. The monoisotopic (exact) mass is 250 g/mol. The molecular formula is C12H18N4O2. The van der Waals surface area contributed by atoms with Gasteiger partial charge in [0.15, 0.2) is 0 Å². The smallest absolute Gasteiger partial charge is 0.252 e. The minimum atomic E-state index is -0.452. The largest absolute Gasteiger partial charge is 0.370 e. The van der Waals surface area contributed by atoms with E-state index in [1.165, 1.54) is 4.90 Å². The summed E-state index contributed by atoms with van der Waals surface area (Å²) in [6.07, 6.45) is 2.85. The van der Waals surface area contributed by atoms with Gasteiger partial charge in [-0.2, -0.15) is 5.10 Å². The lowest BCUT2D eigenvalue weighted by molar-refractivity contribution is -0.138. The fourth-order valence-corrected chi connectivity index (χ4v) is 2.23. The first kappa shape index (κ1) is 12.6. The van der Waals surface area contributed by atoms with Crippen molar-refractivity contribution in [2.24, 2.45) is 7.05 Å². The van der Waals surface area contributed by atoms with Gasteiger partial charge in [0.25, 0.3) is 5.91 Å². The molecule has 6 heteroatoms. The molecule has 2 rings (SSSR count). The van der Waals surface area contributed by atoms with Gasteiger partial charge in [-0.3, -0.25) is 19.2 Å². The number of nitrogens with zero attached hydrogens (tertiary/aromatic N) is 3. The lowest BCUT2D eigenvalue weighted by Gasteiger charge is -2.13. The molecule has 1 aliphatic heterocycles. The second-order valence-corrected chi connectivity index (χ2v) is 4.39. The highest BCUT2D eigenvalue weighted by atomic mass is 16.2. The number of amides is 2. The molecule has 1 aliphatic rings. The van der Waals surface area contributed by atoms with Crippen LogP contribution in [0.5, 0.6) is 0 Å². The lowest BCUT2D eigenvalue weighted by Crippen LogP contribution is -2.34. The van der Waals surface area contributed by atoms with Crippen LogP contribution >= 0.6 is 0 Å². The van der Waals surface area contributed by atoms with Crippen LogP contribution in [-0.4, -0.2) is 39.1 Å². The van der Waals surface area contributed by atoms with Gasteiger partial charge in [0, 0.05) is 19.8 Å². The second kappa shape index (κ2) is 4.80. The van der Waals surface area contributed by atoms with E-state index in [0.717, 1.165) is 17.8 Å². The molecule has 1 fully saturated rings. The third kappa shape index (κ3) is 2.10. The number of carbonyl (C=O) groups is 2. The van der Waals surface area contributed by atoms with E-state index in [1.54, 1.807) is 11.6 Å². The van der Waals surface area contributed by atoms with Crippen molar-refractivity contribution in [2.45, 2.75) is 32.7 Å². The van der Waals surface area contributed by atoms with E-state index in [4.69, 9.17) is 0 Å². The van der Waals surface area contributed by atoms with Crippen molar-refractivity contribution in [3.8, 4) is 0 Å². The molecule has 0 radical (unpaired) electrons. The van der Waals surface area contributed by atoms with Crippen LogP contribution in [0.2, 0.25) is 0 Å². The van der Waals surface area contributed by atoms with Crippen molar-refractivity contribution < 1.29 is 9.59 Å². The number of carbonyl (C=O) groups excluding carboxylic acids is 2. The maximum atomic E-state index is 12.0. The Morgan fingerprint density at radius 3 is 2.72 bits per heavy atom. The number of imide groups is 1. The van der Waals surface area contributed by atoms with Crippen molar-refractivity contribution in [1.29, 1.82) is 0 Å². The van der Waals surface area contributed by atoms with Crippen molar-refractivity contribution in [1.82, 2.24) is 14.7 Å². The minimum Gasteiger partial charge on any atom is -0.370 e. The Bertz CT molecular complexity index is 480. The average Bonchev–Trinajstić information content (AvgIpc) is 2.81. The van der Waals surface area contributed by atoms with Gasteiger partial charge >= 0.3 is 0 Å². The Kier molecular flexibility index (Phi) is 3.36. The fourth-order valence-electron chi connectivity index (χ4n) is 2.23. The summed E-state index contributed by atoms with van der Waals surface area (Å²) in [7, 11) is 1.84. The van der Waals surface area contributed by atoms with Crippen LogP contribution in [0.1, 0.15) is 26.0 Å². The number of anilines is 1. The summed E-state index contributed by atoms with van der Waals surface area (Å²) >= 11 is 0. The first-order valence-electron chi connectivity index (χ1n) is 6.20. The first-order chi connectivity index (χ1) is 8.56. The molecule has 0 aromatic carbocycles. The summed E-state index contributed by atoms with van der Waals surface area (Å²) < 4.78 is 1.71. The van der Waals surface area contributed by atoms with Gasteiger partial charge in [-0.05, 0) is 13.3 Å². The van der Waals surface area contributed by atoms with Gasteiger partial charge in [0.2, 0.25) is 5.91 Å². The van der Waals surface area contributed by atoms with E-state index in [0.29, 0.717) is 6.54 Å². The van der Waals surface area contributed by atoms with Gasteiger partial charge in [-0.15, -0.1) is 0 Å². The van der Waals surface area contributed by atoms with Crippen molar-refractivity contribution >= 4 is 17.5 Å². The molecule has 1 unspecified atom stereocenters. The van der Waals surface area contributed by atoms with E-state index in [-0.39, 0.29) is 18.2 Å². The summed E-state index contributed by atoms with van der Waals surface area (Å²) in [5, 5.41) is 7.43. The Labute approximate surface area is 106 Å². The summed E-state index contributed by atoms with van der Waals surface area (Å²) in [4.78, 5) is 24.9. The van der Waals surface area contributed by atoms with E-state index in [1.807, 2.05) is 20.2 Å². The van der Waals surface area contributed by atoms with E-state index >= 15 is 0 Å².